The van der Waals surface area contributed by atoms with Crippen molar-refractivity contribution in [2.75, 3.05) is 11.9 Å². The van der Waals surface area contributed by atoms with E-state index in [0.29, 0.717) is 12.5 Å². The fourth-order valence-corrected chi connectivity index (χ4v) is 1.88. The van der Waals surface area contributed by atoms with Crippen LogP contribution in [0.1, 0.15) is 13.3 Å². The zero-order valence-corrected chi connectivity index (χ0v) is 15.4. The van der Waals surface area contributed by atoms with Gasteiger partial charge >= 0.3 is 0 Å². The van der Waals surface area contributed by atoms with Crippen LogP contribution in [0.5, 0.6) is 11.5 Å². The van der Waals surface area contributed by atoms with Crippen molar-refractivity contribution in [1.82, 2.24) is 0 Å². The Kier molecular flexibility index (Phi) is 8.82. The van der Waals surface area contributed by atoms with Gasteiger partial charge < -0.3 is 15.8 Å². The molecule has 0 aliphatic heterocycles. The van der Waals surface area contributed by atoms with Gasteiger partial charge in [-0.1, -0.05) is 36.4 Å². The van der Waals surface area contributed by atoms with Gasteiger partial charge in [-0.2, -0.15) is 0 Å². The van der Waals surface area contributed by atoms with Crippen LogP contribution in [0.15, 0.2) is 71.7 Å². The molecule has 2 rings (SSSR count). The maximum absolute atomic E-state index is 5.86. The number of hydrogen-bond donors (Lipinski definition) is 2. The van der Waals surface area contributed by atoms with E-state index in [2.05, 4.69) is 16.4 Å². The molecule has 0 fully saturated rings. The number of benzene rings is 2. The van der Waals surface area contributed by atoms with E-state index < -0.39 is 0 Å². The summed E-state index contributed by atoms with van der Waals surface area (Å²) in [4.78, 5) is 4.26. The molecule has 0 heterocycles. The van der Waals surface area contributed by atoms with E-state index in [-0.39, 0.29) is 24.0 Å². The van der Waals surface area contributed by atoms with Crippen molar-refractivity contribution in [3.63, 3.8) is 0 Å². The Labute approximate surface area is 154 Å². The first kappa shape index (κ1) is 19.0. The Morgan fingerprint density at radius 3 is 2.61 bits per heavy atom. The van der Waals surface area contributed by atoms with Crippen LogP contribution in [-0.4, -0.2) is 12.5 Å². The second-order valence-corrected chi connectivity index (χ2v) is 4.69. The number of nitrogens with two attached hydrogens (primary N) is 1. The van der Waals surface area contributed by atoms with Gasteiger partial charge in [-0.05, 0) is 37.6 Å². The minimum Gasteiger partial charge on any atom is -0.457 e. The van der Waals surface area contributed by atoms with Gasteiger partial charge in [0, 0.05) is 18.3 Å². The van der Waals surface area contributed by atoms with Crippen molar-refractivity contribution < 1.29 is 4.74 Å². The van der Waals surface area contributed by atoms with Gasteiger partial charge in [-0.15, -0.1) is 24.0 Å². The second-order valence-electron chi connectivity index (χ2n) is 4.69. The Balaban J connectivity index is 0.00000264. The molecule has 0 saturated carbocycles. The van der Waals surface area contributed by atoms with Gasteiger partial charge in [0.05, 0.1) is 0 Å². The van der Waals surface area contributed by atoms with Crippen LogP contribution in [0.4, 0.5) is 5.69 Å². The molecule has 0 atom stereocenters. The molecule has 0 radical (unpaired) electrons. The lowest BCUT2D eigenvalue weighted by atomic mass is 10.3. The number of nitrogens with one attached hydrogen (secondary N) is 1. The molecule has 0 spiro atoms. The molecular weight excluding hydrogens is 401 g/mol. The first-order valence-corrected chi connectivity index (χ1v) is 7.29. The Morgan fingerprint density at radius 2 is 1.87 bits per heavy atom. The molecule has 0 aliphatic carbocycles. The van der Waals surface area contributed by atoms with Crippen molar-refractivity contribution in [1.29, 1.82) is 0 Å². The standard InChI is InChI=1S/C18H21N3O.HI/c1-2-3-7-13-20-18(19)21-15-9-8-12-17(14-15)22-16-10-5-4-6-11-16;/h2-6,8-12,14H,7,13H2,1H3,(H3,19,20,21);1H/b3-2+;. The third kappa shape index (κ3) is 7.19. The van der Waals surface area contributed by atoms with Crippen LogP contribution in [0.3, 0.4) is 0 Å². The second kappa shape index (κ2) is 10.7. The summed E-state index contributed by atoms with van der Waals surface area (Å²) in [7, 11) is 0. The number of ether oxygens (including phenoxy) is 1. The first-order valence-electron chi connectivity index (χ1n) is 7.29. The van der Waals surface area contributed by atoms with E-state index in [1.165, 1.54) is 0 Å². The van der Waals surface area contributed by atoms with E-state index in [0.717, 1.165) is 23.6 Å². The molecular formula is C18H22IN3O. The summed E-state index contributed by atoms with van der Waals surface area (Å²) < 4.78 is 5.78. The number of nitrogens with zero attached hydrogens (tertiary/aromatic N) is 1. The first-order chi connectivity index (χ1) is 10.8. The topological polar surface area (TPSA) is 59.6 Å². The summed E-state index contributed by atoms with van der Waals surface area (Å²) in [5.74, 6) is 1.95. The zero-order chi connectivity index (χ0) is 15.6. The van der Waals surface area contributed by atoms with Crippen molar-refractivity contribution in [3.05, 3.63) is 66.7 Å². The minimum atomic E-state index is 0. The third-order valence-electron chi connectivity index (χ3n) is 2.90. The predicted octanol–water partition coefficient (Wildman–Crippen LogP) is 4.79. The summed E-state index contributed by atoms with van der Waals surface area (Å²) in [5, 5.41) is 3.07. The lowest BCUT2D eigenvalue weighted by molar-refractivity contribution is 0.483. The van der Waals surface area contributed by atoms with E-state index in [4.69, 9.17) is 10.5 Å². The Morgan fingerprint density at radius 1 is 1.13 bits per heavy atom. The van der Waals surface area contributed by atoms with Crippen LogP contribution in [0, 0.1) is 0 Å². The fourth-order valence-electron chi connectivity index (χ4n) is 1.88. The molecule has 3 N–H and O–H groups in total. The molecule has 0 aromatic heterocycles. The molecule has 0 unspecified atom stereocenters. The summed E-state index contributed by atoms with van der Waals surface area (Å²) in [5.41, 5.74) is 6.71. The van der Waals surface area contributed by atoms with Gasteiger partial charge in [-0.25, -0.2) is 0 Å². The number of para-hydroxylation sites is 1. The van der Waals surface area contributed by atoms with Crippen molar-refractivity contribution in [2.24, 2.45) is 10.7 Å². The molecule has 0 amide bonds. The largest absolute Gasteiger partial charge is 0.457 e. The number of rotatable bonds is 6. The lowest BCUT2D eigenvalue weighted by Crippen LogP contribution is -2.22. The summed E-state index contributed by atoms with van der Waals surface area (Å²) >= 11 is 0. The highest BCUT2D eigenvalue weighted by atomic mass is 127. The molecule has 23 heavy (non-hydrogen) atoms. The van der Waals surface area contributed by atoms with E-state index in [1.54, 1.807) is 0 Å². The highest BCUT2D eigenvalue weighted by Gasteiger charge is 2.00. The van der Waals surface area contributed by atoms with Crippen molar-refractivity contribution in [2.45, 2.75) is 13.3 Å². The quantitative estimate of drug-likeness (QED) is 0.231. The predicted molar refractivity (Wildman–Crippen MR) is 108 cm³/mol. The Hall–Kier alpha value is -2.02. The maximum Gasteiger partial charge on any atom is 0.193 e. The number of allylic oxidation sites excluding steroid dienone is 1. The van der Waals surface area contributed by atoms with Gasteiger partial charge in [0.2, 0.25) is 0 Å². The number of anilines is 1. The average molecular weight is 423 g/mol. The Bertz CT molecular complexity index is 642. The molecule has 2 aromatic rings. The van der Waals surface area contributed by atoms with Gasteiger partial charge in [-0.3, -0.25) is 4.99 Å². The summed E-state index contributed by atoms with van der Waals surface area (Å²) in [6, 6.07) is 17.3. The molecule has 0 bridgehead atoms. The molecule has 5 heteroatoms. The van der Waals surface area contributed by atoms with Crippen LogP contribution in [0.2, 0.25) is 0 Å². The van der Waals surface area contributed by atoms with Crippen molar-refractivity contribution in [3.8, 4) is 11.5 Å². The number of guanidine groups is 1. The molecule has 2 aromatic carbocycles. The third-order valence-corrected chi connectivity index (χ3v) is 2.90. The van der Waals surface area contributed by atoms with Crippen LogP contribution >= 0.6 is 24.0 Å². The maximum atomic E-state index is 5.86. The van der Waals surface area contributed by atoms with Crippen LogP contribution in [0.25, 0.3) is 0 Å². The normalized spacial score (nSPS) is 11.1. The number of halogens is 1. The van der Waals surface area contributed by atoms with E-state index in [9.17, 15) is 0 Å². The van der Waals surface area contributed by atoms with Gasteiger partial charge in [0.1, 0.15) is 11.5 Å². The molecule has 0 aliphatic rings. The summed E-state index contributed by atoms with van der Waals surface area (Å²) in [6.07, 6.45) is 4.95. The molecule has 122 valence electrons. The smallest absolute Gasteiger partial charge is 0.193 e. The highest BCUT2D eigenvalue weighted by Crippen LogP contribution is 2.23. The van der Waals surface area contributed by atoms with Crippen LogP contribution in [-0.2, 0) is 0 Å². The minimum absolute atomic E-state index is 0. The van der Waals surface area contributed by atoms with Gasteiger partial charge in [0.25, 0.3) is 0 Å². The van der Waals surface area contributed by atoms with E-state index in [1.807, 2.05) is 67.6 Å². The highest BCUT2D eigenvalue weighted by molar-refractivity contribution is 14.0. The number of hydrogen-bond acceptors (Lipinski definition) is 2. The SMILES string of the molecule is C/C=C/CCN=C(N)Nc1cccc(Oc2ccccc2)c1.I. The zero-order valence-electron chi connectivity index (χ0n) is 13.1. The van der Waals surface area contributed by atoms with Crippen LogP contribution < -0.4 is 15.8 Å². The molecule has 0 saturated heterocycles. The fraction of sp³-hybridized carbons (Fsp3) is 0.167. The monoisotopic (exact) mass is 423 g/mol. The summed E-state index contributed by atoms with van der Waals surface area (Å²) in [6.45, 7) is 2.66. The number of aliphatic imine (C=N–C) groups is 1. The molecule has 4 nitrogen and oxygen atoms in total. The lowest BCUT2D eigenvalue weighted by Gasteiger charge is -2.09. The van der Waals surface area contributed by atoms with Crippen molar-refractivity contribution >= 4 is 35.6 Å². The van der Waals surface area contributed by atoms with E-state index >= 15 is 0 Å². The average Bonchev–Trinajstić information content (AvgIpc) is 2.53. The van der Waals surface area contributed by atoms with Gasteiger partial charge in [0.15, 0.2) is 5.96 Å².